The fourth-order valence-electron chi connectivity index (χ4n) is 2.77. The predicted octanol–water partition coefficient (Wildman–Crippen LogP) is -0.283. The number of rotatable bonds is 4. The molecule has 134 valence electrons. The van der Waals surface area contributed by atoms with Crippen molar-refractivity contribution in [3.05, 3.63) is 42.0 Å². The van der Waals surface area contributed by atoms with E-state index in [-0.39, 0.29) is 11.3 Å². The van der Waals surface area contributed by atoms with Crippen molar-refractivity contribution >= 4 is 16.7 Å². The van der Waals surface area contributed by atoms with Gasteiger partial charge >= 0.3 is 5.97 Å². The number of ether oxygens (including phenoxy) is 2. The SMILES string of the molecule is O=C(O)c1cc2ccccc2cc1O[C@H]1O[C@H](CO)[C@H](O)[C@H](O)[C@H]1O. The normalized spacial score (nSPS) is 29.5. The molecule has 0 unspecified atom stereocenters. The molecule has 2 aromatic carbocycles. The van der Waals surface area contributed by atoms with Crippen LogP contribution in [0.4, 0.5) is 0 Å². The molecule has 0 spiro atoms. The number of carboxylic acids is 1. The van der Waals surface area contributed by atoms with E-state index in [9.17, 15) is 30.3 Å². The molecule has 2 aromatic rings. The number of aliphatic hydroxyl groups excluding tert-OH is 4. The molecule has 0 bridgehead atoms. The number of aromatic carboxylic acids is 1. The summed E-state index contributed by atoms with van der Waals surface area (Å²) in [7, 11) is 0. The molecule has 1 aliphatic heterocycles. The monoisotopic (exact) mass is 350 g/mol. The molecule has 1 aliphatic rings. The van der Waals surface area contributed by atoms with Crippen molar-refractivity contribution in [3.8, 4) is 5.75 Å². The van der Waals surface area contributed by atoms with Crippen LogP contribution in [0.1, 0.15) is 10.4 Å². The molecule has 1 saturated heterocycles. The van der Waals surface area contributed by atoms with Crippen molar-refractivity contribution in [2.45, 2.75) is 30.7 Å². The minimum atomic E-state index is -1.62. The summed E-state index contributed by atoms with van der Waals surface area (Å²) < 4.78 is 10.7. The number of aliphatic hydroxyl groups is 4. The Labute approximate surface area is 142 Å². The maximum atomic E-state index is 11.5. The number of carbonyl (C=O) groups is 1. The van der Waals surface area contributed by atoms with E-state index in [1.54, 1.807) is 24.3 Å². The number of benzene rings is 2. The van der Waals surface area contributed by atoms with Crippen LogP contribution in [-0.2, 0) is 4.74 Å². The van der Waals surface area contributed by atoms with Crippen molar-refractivity contribution in [2.24, 2.45) is 0 Å². The number of hydrogen-bond acceptors (Lipinski definition) is 7. The third kappa shape index (κ3) is 3.30. The Morgan fingerprint density at radius 2 is 1.68 bits per heavy atom. The van der Waals surface area contributed by atoms with Crippen LogP contribution in [0.2, 0.25) is 0 Å². The summed E-state index contributed by atoms with van der Waals surface area (Å²) in [6.45, 7) is -0.603. The van der Waals surface area contributed by atoms with Crippen LogP contribution in [0, 0.1) is 0 Å². The Morgan fingerprint density at radius 3 is 2.28 bits per heavy atom. The molecule has 8 nitrogen and oxygen atoms in total. The van der Waals surface area contributed by atoms with Gasteiger partial charge in [0.05, 0.1) is 6.61 Å². The molecular formula is C17H18O8. The maximum Gasteiger partial charge on any atom is 0.339 e. The minimum absolute atomic E-state index is 0.0597. The molecule has 0 amide bonds. The number of carboxylic acid groups (broad SMARTS) is 1. The van der Waals surface area contributed by atoms with Crippen LogP contribution in [-0.4, -0.2) is 68.8 Å². The van der Waals surface area contributed by atoms with Crippen molar-refractivity contribution < 1.29 is 39.8 Å². The smallest absolute Gasteiger partial charge is 0.339 e. The highest BCUT2D eigenvalue weighted by Crippen LogP contribution is 2.30. The van der Waals surface area contributed by atoms with Gasteiger partial charge < -0.3 is 35.0 Å². The van der Waals surface area contributed by atoms with E-state index in [1.165, 1.54) is 12.1 Å². The van der Waals surface area contributed by atoms with Gasteiger partial charge in [-0.05, 0) is 22.9 Å². The first-order chi connectivity index (χ1) is 11.9. The second-order valence-corrected chi connectivity index (χ2v) is 5.82. The average molecular weight is 350 g/mol. The molecule has 0 aliphatic carbocycles. The Morgan fingerprint density at radius 1 is 1.04 bits per heavy atom. The van der Waals surface area contributed by atoms with Gasteiger partial charge in [-0.1, -0.05) is 24.3 Å². The first-order valence-corrected chi connectivity index (χ1v) is 7.65. The van der Waals surface area contributed by atoms with Crippen LogP contribution >= 0.6 is 0 Å². The molecule has 25 heavy (non-hydrogen) atoms. The van der Waals surface area contributed by atoms with Gasteiger partial charge in [0.1, 0.15) is 35.7 Å². The molecule has 1 fully saturated rings. The molecule has 0 saturated carbocycles. The third-order valence-electron chi connectivity index (χ3n) is 4.17. The Hall–Kier alpha value is -2.23. The van der Waals surface area contributed by atoms with E-state index >= 15 is 0 Å². The summed E-state index contributed by atoms with van der Waals surface area (Å²) >= 11 is 0. The molecule has 5 atom stereocenters. The third-order valence-corrected chi connectivity index (χ3v) is 4.17. The Bertz CT molecular complexity index is 774. The molecule has 1 heterocycles. The zero-order chi connectivity index (χ0) is 18.1. The molecule has 5 N–H and O–H groups in total. The van der Waals surface area contributed by atoms with Crippen molar-refractivity contribution in [3.63, 3.8) is 0 Å². The van der Waals surface area contributed by atoms with Gasteiger partial charge in [0.25, 0.3) is 0 Å². The van der Waals surface area contributed by atoms with Crippen molar-refractivity contribution in [1.82, 2.24) is 0 Å². The topological polar surface area (TPSA) is 137 Å². The van der Waals surface area contributed by atoms with E-state index in [2.05, 4.69) is 0 Å². The average Bonchev–Trinajstić information content (AvgIpc) is 2.61. The van der Waals surface area contributed by atoms with Crippen LogP contribution in [0.15, 0.2) is 36.4 Å². The van der Waals surface area contributed by atoms with E-state index in [4.69, 9.17) is 9.47 Å². The molecular weight excluding hydrogens is 332 g/mol. The minimum Gasteiger partial charge on any atom is -0.478 e. The van der Waals surface area contributed by atoms with E-state index in [1.807, 2.05) is 0 Å². The standard InChI is InChI=1S/C17H18O8/c18-7-12-13(19)14(20)15(21)17(25-12)24-11-6-9-4-2-1-3-8(9)5-10(11)16(22)23/h1-6,12-15,17-21H,7H2,(H,22,23)/t12-,13+,14+,15-,17+/m1/s1. The fourth-order valence-corrected chi connectivity index (χ4v) is 2.77. The van der Waals surface area contributed by atoms with Gasteiger partial charge in [-0.3, -0.25) is 0 Å². The van der Waals surface area contributed by atoms with Gasteiger partial charge in [0.2, 0.25) is 6.29 Å². The lowest BCUT2D eigenvalue weighted by Gasteiger charge is -2.39. The number of fused-ring (bicyclic) bond motifs is 1. The quantitative estimate of drug-likeness (QED) is 0.508. The van der Waals surface area contributed by atoms with Gasteiger partial charge in [0.15, 0.2) is 0 Å². The van der Waals surface area contributed by atoms with E-state index < -0.39 is 43.3 Å². The number of hydrogen-bond donors (Lipinski definition) is 5. The lowest BCUT2D eigenvalue weighted by Crippen LogP contribution is -2.60. The predicted molar refractivity (Wildman–Crippen MR) is 85.3 cm³/mol. The van der Waals surface area contributed by atoms with E-state index in [0.717, 1.165) is 0 Å². The van der Waals surface area contributed by atoms with Crippen LogP contribution in [0.3, 0.4) is 0 Å². The van der Waals surface area contributed by atoms with Gasteiger partial charge in [-0.2, -0.15) is 0 Å². The largest absolute Gasteiger partial charge is 0.478 e. The van der Waals surface area contributed by atoms with Crippen LogP contribution in [0.25, 0.3) is 10.8 Å². The lowest BCUT2D eigenvalue weighted by atomic mass is 9.99. The second-order valence-electron chi connectivity index (χ2n) is 5.82. The van der Waals surface area contributed by atoms with Crippen molar-refractivity contribution in [2.75, 3.05) is 6.61 Å². The fraction of sp³-hybridized carbons (Fsp3) is 0.353. The Balaban J connectivity index is 1.96. The highest BCUT2D eigenvalue weighted by molar-refractivity contribution is 5.97. The van der Waals surface area contributed by atoms with E-state index in [0.29, 0.717) is 10.8 Å². The van der Waals surface area contributed by atoms with Gasteiger partial charge in [-0.25, -0.2) is 4.79 Å². The van der Waals surface area contributed by atoms with Gasteiger partial charge in [-0.15, -0.1) is 0 Å². The summed E-state index contributed by atoms with van der Waals surface area (Å²) in [5, 5.41) is 49.6. The summed E-state index contributed by atoms with van der Waals surface area (Å²) in [5.74, 6) is -1.29. The van der Waals surface area contributed by atoms with Gasteiger partial charge in [0, 0.05) is 0 Å². The van der Waals surface area contributed by atoms with Crippen LogP contribution in [0.5, 0.6) is 5.75 Å². The molecule has 8 heteroatoms. The highest BCUT2D eigenvalue weighted by Gasteiger charge is 2.45. The molecule has 0 radical (unpaired) electrons. The van der Waals surface area contributed by atoms with Crippen LogP contribution < -0.4 is 4.74 Å². The maximum absolute atomic E-state index is 11.5. The summed E-state index contributed by atoms with van der Waals surface area (Å²) in [6, 6.07) is 9.98. The lowest BCUT2D eigenvalue weighted by molar-refractivity contribution is -0.277. The summed E-state index contributed by atoms with van der Waals surface area (Å²) in [5.41, 5.74) is -0.143. The highest BCUT2D eigenvalue weighted by atomic mass is 16.7. The summed E-state index contributed by atoms with van der Waals surface area (Å²) in [6.07, 6.45) is -7.34. The molecule has 3 rings (SSSR count). The summed E-state index contributed by atoms with van der Waals surface area (Å²) in [4.78, 5) is 11.5. The molecule has 0 aromatic heterocycles. The first-order valence-electron chi connectivity index (χ1n) is 7.65. The Kier molecular flexibility index (Phi) is 4.89. The second kappa shape index (κ2) is 6.95. The van der Waals surface area contributed by atoms with Crippen molar-refractivity contribution in [1.29, 1.82) is 0 Å². The first kappa shape index (κ1) is 17.6. The zero-order valence-electron chi connectivity index (χ0n) is 13.0. The zero-order valence-corrected chi connectivity index (χ0v) is 13.0.